The van der Waals surface area contributed by atoms with E-state index in [2.05, 4.69) is 29.9 Å². The van der Waals surface area contributed by atoms with Crippen LogP contribution in [0.4, 0.5) is 0 Å². The second kappa shape index (κ2) is 9.80. The predicted octanol–water partition coefficient (Wildman–Crippen LogP) is 4.72. The first-order valence-electron chi connectivity index (χ1n) is 12.7. The maximum absolute atomic E-state index is 13.3. The minimum Gasteiger partial charge on any atom is -0.490 e. The quantitative estimate of drug-likeness (QED) is 0.504. The van der Waals surface area contributed by atoms with Crippen molar-refractivity contribution in [3.8, 4) is 11.4 Å². The number of aromatic nitrogens is 2. The molecule has 0 saturated carbocycles. The van der Waals surface area contributed by atoms with Gasteiger partial charge in [0.2, 0.25) is 0 Å². The number of aliphatic hydroxyl groups excluding tert-OH is 1. The molecule has 3 aromatic rings. The number of rotatable bonds is 8. The summed E-state index contributed by atoms with van der Waals surface area (Å²) in [5.74, 6) is 0.940. The van der Waals surface area contributed by atoms with Crippen LogP contribution in [0.15, 0.2) is 35.4 Å². The van der Waals surface area contributed by atoms with E-state index in [0.717, 1.165) is 59.5 Å². The third kappa shape index (κ3) is 4.53. The van der Waals surface area contributed by atoms with Gasteiger partial charge in [-0.3, -0.25) is 9.36 Å². The van der Waals surface area contributed by atoms with E-state index >= 15 is 0 Å². The van der Waals surface area contributed by atoms with Gasteiger partial charge in [-0.1, -0.05) is 13.8 Å². The first kappa shape index (κ1) is 23.5. The number of hydrogen-bond donors (Lipinski definition) is 1. The zero-order chi connectivity index (χ0) is 23.8. The van der Waals surface area contributed by atoms with Gasteiger partial charge in [0.25, 0.3) is 5.56 Å². The van der Waals surface area contributed by atoms with Gasteiger partial charge >= 0.3 is 0 Å². The lowest BCUT2D eigenvalue weighted by atomic mass is 10.00. The fraction of sp³-hybridized carbons (Fsp3) is 0.556. The molecule has 34 heavy (non-hydrogen) atoms. The number of piperidine rings is 1. The van der Waals surface area contributed by atoms with Gasteiger partial charge in [0.15, 0.2) is 0 Å². The van der Waals surface area contributed by atoms with Crippen molar-refractivity contribution in [1.29, 1.82) is 0 Å². The number of fused-ring (bicyclic) bond motifs is 3. The fourth-order valence-corrected chi connectivity index (χ4v) is 6.58. The van der Waals surface area contributed by atoms with E-state index < -0.39 is 0 Å². The smallest absolute Gasteiger partial charge is 0.275 e. The van der Waals surface area contributed by atoms with E-state index in [9.17, 15) is 9.90 Å². The van der Waals surface area contributed by atoms with Crippen LogP contribution in [0, 0.1) is 0 Å². The fourth-order valence-electron chi connectivity index (χ4n) is 5.53. The van der Waals surface area contributed by atoms with Gasteiger partial charge < -0.3 is 14.7 Å². The molecule has 2 aliphatic heterocycles. The van der Waals surface area contributed by atoms with Gasteiger partial charge in [-0.25, -0.2) is 4.98 Å². The molecule has 7 heteroatoms. The molecule has 2 aliphatic rings. The van der Waals surface area contributed by atoms with Gasteiger partial charge in [-0.15, -0.1) is 11.3 Å². The Hall–Kier alpha value is -2.22. The Morgan fingerprint density at radius 3 is 2.68 bits per heavy atom. The van der Waals surface area contributed by atoms with Crippen LogP contribution in [0.25, 0.3) is 15.9 Å². The maximum Gasteiger partial charge on any atom is 0.275 e. The van der Waals surface area contributed by atoms with Gasteiger partial charge in [-0.05, 0) is 88.2 Å². The van der Waals surface area contributed by atoms with Crippen LogP contribution < -0.4 is 10.3 Å². The van der Waals surface area contributed by atoms with Gasteiger partial charge in [0, 0.05) is 17.0 Å². The van der Waals surface area contributed by atoms with E-state index in [1.54, 1.807) is 10.9 Å². The van der Waals surface area contributed by atoms with E-state index in [1.165, 1.54) is 24.2 Å². The third-order valence-electron chi connectivity index (χ3n) is 7.74. The first-order valence-corrected chi connectivity index (χ1v) is 13.5. The molecule has 2 saturated heterocycles. The molecular formula is C27H35N3O3S. The molecule has 5 rings (SSSR count). The Bertz CT molecular complexity index is 1210. The van der Waals surface area contributed by atoms with Crippen molar-refractivity contribution in [3.05, 3.63) is 51.4 Å². The number of thiophene rings is 1. The molecule has 2 aromatic heterocycles. The number of nitrogens with zero attached hydrogens (tertiary/aromatic N) is 3. The van der Waals surface area contributed by atoms with Crippen LogP contribution in [0.3, 0.4) is 0 Å². The molecule has 6 nitrogen and oxygen atoms in total. The molecule has 1 aromatic carbocycles. The van der Waals surface area contributed by atoms with Crippen molar-refractivity contribution < 1.29 is 9.84 Å². The van der Waals surface area contributed by atoms with Crippen LogP contribution >= 0.6 is 11.3 Å². The highest BCUT2D eigenvalue weighted by Gasteiger charge is 2.39. The molecule has 0 aliphatic carbocycles. The Labute approximate surface area is 205 Å². The molecule has 0 amide bonds. The second-order valence-corrected chi connectivity index (χ2v) is 11.0. The zero-order valence-electron chi connectivity index (χ0n) is 20.4. The van der Waals surface area contributed by atoms with Crippen molar-refractivity contribution in [2.75, 3.05) is 7.05 Å². The standard InChI is InChI=1S/C27H35N3O3S/c1-4-17-12-20(8-11-25(17)33-22-13-18-6-7-19(14-22)29(18)3)30-16-28-24-15-23(10-9-21(31)5-2)34-26(24)27(30)32/h8,11-12,15-16,18-19,21-22,31H,4-7,9-10,13-14H2,1-3H3/t18-,19+,21?,22?. The molecule has 1 N–H and O–H groups in total. The Balaban J connectivity index is 1.37. The maximum atomic E-state index is 13.3. The summed E-state index contributed by atoms with van der Waals surface area (Å²) in [6.45, 7) is 4.11. The SMILES string of the molecule is CCc1cc(-n2cnc3cc(CCC(O)CC)sc3c2=O)ccc1OC1C[C@H]2CC[C@@H](C1)N2C. The summed E-state index contributed by atoms with van der Waals surface area (Å²) >= 11 is 1.49. The average Bonchev–Trinajstić information content (AvgIpc) is 3.34. The molecule has 182 valence electrons. The normalized spacial score (nSPS) is 23.5. The monoisotopic (exact) mass is 481 g/mol. The predicted molar refractivity (Wildman–Crippen MR) is 137 cm³/mol. The molecule has 2 bridgehead atoms. The lowest BCUT2D eigenvalue weighted by Crippen LogP contribution is -2.43. The molecule has 0 radical (unpaired) electrons. The summed E-state index contributed by atoms with van der Waals surface area (Å²) in [5.41, 5.74) is 2.64. The van der Waals surface area contributed by atoms with Crippen molar-refractivity contribution in [1.82, 2.24) is 14.5 Å². The van der Waals surface area contributed by atoms with Crippen LogP contribution in [0.2, 0.25) is 0 Å². The summed E-state index contributed by atoms with van der Waals surface area (Å²) in [6, 6.07) is 9.34. The molecule has 2 fully saturated rings. The third-order valence-corrected chi connectivity index (χ3v) is 8.91. The minimum atomic E-state index is -0.298. The first-order chi connectivity index (χ1) is 16.5. The van der Waals surface area contributed by atoms with Gasteiger partial charge in [0.1, 0.15) is 22.9 Å². The number of aryl methyl sites for hydroxylation is 2. The van der Waals surface area contributed by atoms with Crippen LogP contribution in [-0.2, 0) is 12.8 Å². The Morgan fingerprint density at radius 1 is 1.21 bits per heavy atom. The van der Waals surface area contributed by atoms with E-state index in [4.69, 9.17) is 4.74 Å². The number of hydrogen-bond acceptors (Lipinski definition) is 6. The van der Waals surface area contributed by atoms with Gasteiger partial charge in [-0.2, -0.15) is 0 Å². The minimum absolute atomic E-state index is 0.0418. The lowest BCUT2D eigenvalue weighted by Gasteiger charge is -2.36. The number of benzene rings is 1. The summed E-state index contributed by atoms with van der Waals surface area (Å²) in [4.78, 5) is 21.5. The van der Waals surface area contributed by atoms with Crippen molar-refractivity contribution in [3.63, 3.8) is 0 Å². The lowest BCUT2D eigenvalue weighted by molar-refractivity contribution is 0.0656. The van der Waals surface area contributed by atoms with Gasteiger partial charge in [0.05, 0.1) is 17.3 Å². The topological polar surface area (TPSA) is 67.6 Å². The summed E-state index contributed by atoms with van der Waals surface area (Å²) in [6.07, 6.45) is 9.40. The average molecular weight is 482 g/mol. The molecule has 4 heterocycles. The van der Waals surface area contributed by atoms with E-state index in [-0.39, 0.29) is 17.8 Å². The zero-order valence-corrected chi connectivity index (χ0v) is 21.2. The highest BCUT2D eigenvalue weighted by Crippen LogP contribution is 2.37. The van der Waals surface area contributed by atoms with Crippen molar-refractivity contribution in [2.24, 2.45) is 0 Å². The highest BCUT2D eigenvalue weighted by molar-refractivity contribution is 7.18. The number of ether oxygens (including phenoxy) is 1. The second-order valence-electron chi connectivity index (χ2n) is 9.85. The summed E-state index contributed by atoms with van der Waals surface area (Å²) in [5, 5.41) is 9.87. The summed E-state index contributed by atoms with van der Waals surface area (Å²) < 4.78 is 8.82. The number of aliphatic hydroxyl groups is 1. The largest absolute Gasteiger partial charge is 0.490 e. The van der Waals surface area contributed by atoms with Crippen LogP contribution in [-0.4, -0.2) is 50.9 Å². The Morgan fingerprint density at radius 2 is 1.97 bits per heavy atom. The highest BCUT2D eigenvalue weighted by atomic mass is 32.1. The van der Waals surface area contributed by atoms with Crippen LogP contribution in [0.5, 0.6) is 5.75 Å². The molecular weight excluding hydrogens is 446 g/mol. The van der Waals surface area contributed by atoms with E-state index in [0.29, 0.717) is 23.2 Å². The summed E-state index contributed by atoms with van der Waals surface area (Å²) in [7, 11) is 2.25. The van der Waals surface area contributed by atoms with Crippen molar-refractivity contribution >= 4 is 21.6 Å². The van der Waals surface area contributed by atoms with E-state index in [1.807, 2.05) is 25.1 Å². The molecule has 4 atom stereocenters. The van der Waals surface area contributed by atoms with Crippen molar-refractivity contribution in [2.45, 2.75) is 89.5 Å². The molecule has 2 unspecified atom stereocenters. The molecule has 0 spiro atoms. The Kier molecular flexibility index (Phi) is 6.78. The van der Waals surface area contributed by atoms with Crippen LogP contribution in [0.1, 0.15) is 62.8 Å².